The Morgan fingerprint density at radius 1 is 1.04 bits per heavy atom. The number of fused-ring (bicyclic) bond motifs is 5. The van der Waals surface area contributed by atoms with E-state index in [1.54, 1.807) is 11.1 Å². The molecule has 0 radical (unpaired) electrons. The van der Waals surface area contributed by atoms with Crippen LogP contribution in [0.4, 0.5) is 0 Å². The van der Waals surface area contributed by atoms with Crippen molar-refractivity contribution in [1.29, 1.82) is 0 Å². The molecule has 25 heavy (non-hydrogen) atoms. The Labute approximate surface area is 155 Å². The smallest absolute Gasteiger partial charge is 0.0577 e. The topological polar surface area (TPSA) is 20.2 Å². The highest BCUT2D eigenvalue weighted by molar-refractivity contribution is 7.08. The Hall–Kier alpha value is -0.860. The summed E-state index contributed by atoms with van der Waals surface area (Å²) in [5.41, 5.74) is 5.43. The summed E-state index contributed by atoms with van der Waals surface area (Å²) in [6.45, 7) is 5.07. The first-order valence-electron chi connectivity index (χ1n) is 10.1. The van der Waals surface area contributed by atoms with E-state index in [4.69, 9.17) is 0 Å². The van der Waals surface area contributed by atoms with Gasteiger partial charge in [-0.3, -0.25) is 0 Å². The first kappa shape index (κ1) is 16.3. The van der Waals surface area contributed by atoms with Crippen molar-refractivity contribution in [2.75, 3.05) is 0 Å². The summed E-state index contributed by atoms with van der Waals surface area (Å²) in [6, 6.07) is 2.32. The number of aliphatic hydroxyl groups excluding tert-OH is 1. The van der Waals surface area contributed by atoms with Gasteiger partial charge in [-0.05, 0) is 101 Å². The van der Waals surface area contributed by atoms with Gasteiger partial charge in [-0.1, -0.05) is 31.6 Å². The summed E-state index contributed by atoms with van der Waals surface area (Å²) in [5, 5.41) is 14.7. The zero-order valence-corrected chi connectivity index (χ0v) is 16.3. The van der Waals surface area contributed by atoms with Crippen LogP contribution in [0.1, 0.15) is 64.4 Å². The van der Waals surface area contributed by atoms with E-state index in [0.29, 0.717) is 10.8 Å². The Bertz CT molecular complexity index is 729. The van der Waals surface area contributed by atoms with Gasteiger partial charge in [0.15, 0.2) is 0 Å². The van der Waals surface area contributed by atoms with Crippen molar-refractivity contribution in [3.63, 3.8) is 0 Å². The lowest BCUT2D eigenvalue weighted by Gasteiger charge is -2.57. The zero-order chi connectivity index (χ0) is 17.2. The van der Waals surface area contributed by atoms with Gasteiger partial charge >= 0.3 is 0 Å². The minimum absolute atomic E-state index is 0.0944. The van der Waals surface area contributed by atoms with Crippen molar-refractivity contribution in [1.82, 2.24) is 0 Å². The predicted molar refractivity (Wildman–Crippen MR) is 105 cm³/mol. The van der Waals surface area contributed by atoms with Crippen molar-refractivity contribution in [2.24, 2.45) is 28.6 Å². The zero-order valence-electron chi connectivity index (χ0n) is 15.5. The Balaban J connectivity index is 1.48. The van der Waals surface area contributed by atoms with Gasteiger partial charge in [0, 0.05) is 0 Å². The van der Waals surface area contributed by atoms with E-state index in [0.717, 1.165) is 30.6 Å². The molecule has 0 saturated heterocycles. The van der Waals surface area contributed by atoms with Crippen molar-refractivity contribution in [3.8, 4) is 0 Å². The molecule has 1 nitrogen and oxygen atoms in total. The molecule has 1 aromatic heterocycles. The van der Waals surface area contributed by atoms with Crippen molar-refractivity contribution in [3.05, 3.63) is 40.1 Å². The van der Waals surface area contributed by atoms with Crippen LogP contribution in [0.3, 0.4) is 0 Å². The lowest BCUT2D eigenvalue weighted by molar-refractivity contribution is -0.0238. The van der Waals surface area contributed by atoms with Crippen LogP contribution in [0, 0.1) is 28.6 Å². The maximum absolute atomic E-state index is 10.1. The van der Waals surface area contributed by atoms with Gasteiger partial charge < -0.3 is 5.11 Å². The van der Waals surface area contributed by atoms with E-state index in [9.17, 15) is 5.11 Å². The van der Waals surface area contributed by atoms with Gasteiger partial charge in [-0.15, -0.1) is 0 Å². The molecule has 2 saturated carbocycles. The summed E-state index contributed by atoms with van der Waals surface area (Å²) in [7, 11) is 0. The SMILES string of the molecule is C[C@]12CCC(O)CC1=CCC1C2CC[C@]2(C)C(c3ccsc3)=CCC12. The number of aliphatic hydroxyl groups is 1. The summed E-state index contributed by atoms with van der Waals surface area (Å²) in [5.74, 6) is 2.46. The van der Waals surface area contributed by atoms with Crippen molar-refractivity contribution >= 4 is 16.9 Å². The maximum Gasteiger partial charge on any atom is 0.0577 e. The molecule has 6 atom stereocenters. The van der Waals surface area contributed by atoms with Crippen LogP contribution in [-0.4, -0.2) is 11.2 Å². The molecule has 4 aliphatic rings. The second-order valence-corrected chi connectivity index (χ2v) is 10.3. The summed E-state index contributed by atoms with van der Waals surface area (Å²) in [4.78, 5) is 0. The lowest BCUT2D eigenvalue weighted by Crippen LogP contribution is -2.49. The number of hydrogen-bond donors (Lipinski definition) is 1. The van der Waals surface area contributed by atoms with E-state index in [1.807, 2.05) is 11.3 Å². The number of hydrogen-bond acceptors (Lipinski definition) is 2. The number of thiophene rings is 1. The molecule has 0 aliphatic heterocycles. The van der Waals surface area contributed by atoms with Gasteiger partial charge in [0.05, 0.1) is 6.10 Å². The monoisotopic (exact) mass is 354 g/mol. The first-order valence-corrected chi connectivity index (χ1v) is 11.1. The molecule has 2 fully saturated rings. The Morgan fingerprint density at radius 3 is 2.68 bits per heavy atom. The largest absolute Gasteiger partial charge is 0.393 e. The molecule has 1 N–H and O–H groups in total. The lowest BCUT2D eigenvalue weighted by atomic mass is 9.47. The Morgan fingerprint density at radius 2 is 1.88 bits per heavy atom. The van der Waals surface area contributed by atoms with Crippen LogP contribution >= 0.6 is 11.3 Å². The normalized spacial score (nSPS) is 45.9. The molecule has 5 rings (SSSR count). The van der Waals surface area contributed by atoms with Crippen molar-refractivity contribution < 1.29 is 5.11 Å². The molecule has 4 unspecified atom stereocenters. The fourth-order valence-electron chi connectivity index (χ4n) is 7.07. The third kappa shape index (κ3) is 2.23. The molecule has 0 spiro atoms. The molecular formula is C23H30OS. The van der Waals surface area contributed by atoms with E-state index in [1.165, 1.54) is 37.7 Å². The minimum atomic E-state index is -0.0944. The van der Waals surface area contributed by atoms with Crippen LogP contribution in [0.15, 0.2) is 34.6 Å². The fraction of sp³-hybridized carbons (Fsp3) is 0.652. The molecular weight excluding hydrogens is 324 g/mol. The standard InChI is InChI=1S/C23H30OS/c1-22-10-7-17(24)13-16(22)3-4-18-20-6-5-19(15-9-12-25-14-15)23(20,2)11-8-21(18)22/h3,5,9,12,14,17-18,20-21,24H,4,6-8,10-11,13H2,1-2H3/t17?,18?,20?,21?,22-,23+/m0/s1. The van der Waals surface area contributed by atoms with Gasteiger partial charge in [-0.25, -0.2) is 0 Å². The highest BCUT2D eigenvalue weighted by Gasteiger charge is 2.56. The maximum atomic E-state index is 10.1. The quantitative estimate of drug-likeness (QED) is 0.607. The average Bonchev–Trinajstić information content (AvgIpc) is 3.22. The molecule has 0 amide bonds. The Kier molecular flexibility index (Phi) is 3.63. The third-order valence-electron chi connectivity index (χ3n) is 8.49. The van der Waals surface area contributed by atoms with Gasteiger partial charge in [0.2, 0.25) is 0 Å². The highest BCUT2D eigenvalue weighted by atomic mass is 32.1. The predicted octanol–water partition coefficient (Wildman–Crippen LogP) is 6.07. The fourth-order valence-corrected chi connectivity index (χ4v) is 7.73. The summed E-state index contributed by atoms with van der Waals surface area (Å²) >= 11 is 1.83. The molecule has 0 aromatic carbocycles. The van der Waals surface area contributed by atoms with Crippen LogP contribution in [0.5, 0.6) is 0 Å². The molecule has 2 heteroatoms. The average molecular weight is 355 g/mol. The highest BCUT2D eigenvalue weighted by Crippen LogP contribution is 2.66. The second kappa shape index (κ2) is 5.57. The third-order valence-corrected chi connectivity index (χ3v) is 9.17. The molecule has 134 valence electrons. The second-order valence-electron chi connectivity index (χ2n) is 9.48. The minimum Gasteiger partial charge on any atom is -0.393 e. The summed E-state index contributed by atoms with van der Waals surface area (Å²) in [6.07, 6.45) is 13.3. The van der Waals surface area contributed by atoms with E-state index >= 15 is 0 Å². The van der Waals surface area contributed by atoms with Crippen LogP contribution in [-0.2, 0) is 0 Å². The van der Waals surface area contributed by atoms with Gasteiger partial charge in [0.1, 0.15) is 0 Å². The number of rotatable bonds is 1. The van der Waals surface area contributed by atoms with Crippen molar-refractivity contribution in [2.45, 2.75) is 64.9 Å². The van der Waals surface area contributed by atoms with Gasteiger partial charge in [-0.2, -0.15) is 11.3 Å². The molecule has 1 heterocycles. The first-order chi connectivity index (χ1) is 12.0. The van der Waals surface area contributed by atoms with Crippen LogP contribution in [0.25, 0.3) is 5.57 Å². The number of allylic oxidation sites excluding steroid dienone is 3. The van der Waals surface area contributed by atoms with E-state index < -0.39 is 0 Å². The van der Waals surface area contributed by atoms with E-state index in [2.05, 4.69) is 42.8 Å². The molecule has 0 bridgehead atoms. The molecule has 1 aromatic rings. The van der Waals surface area contributed by atoms with Gasteiger partial charge in [0.25, 0.3) is 0 Å². The molecule has 4 aliphatic carbocycles. The summed E-state index contributed by atoms with van der Waals surface area (Å²) < 4.78 is 0. The van der Waals surface area contributed by atoms with Crippen LogP contribution < -0.4 is 0 Å². The van der Waals surface area contributed by atoms with Crippen LogP contribution in [0.2, 0.25) is 0 Å². The van der Waals surface area contributed by atoms with E-state index in [-0.39, 0.29) is 6.10 Å².